The van der Waals surface area contributed by atoms with Crippen molar-refractivity contribution < 1.29 is 36.6 Å². The first-order chi connectivity index (χ1) is 20.5. The Kier molecular flexibility index (Phi) is 8.34. The number of ether oxygens (including phenoxy) is 2. The van der Waals surface area contributed by atoms with Crippen LogP contribution in [0.1, 0.15) is 12.5 Å². The zero-order valence-corrected chi connectivity index (χ0v) is 23.4. The van der Waals surface area contributed by atoms with Gasteiger partial charge < -0.3 is 14.8 Å². The first kappa shape index (κ1) is 29.6. The molecule has 1 aliphatic rings. The van der Waals surface area contributed by atoms with Crippen LogP contribution >= 0.6 is 11.8 Å². The van der Waals surface area contributed by atoms with Crippen molar-refractivity contribution in [2.24, 2.45) is 4.99 Å². The topological polar surface area (TPSA) is 111 Å². The molecule has 3 amide bonds. The summed E-state index contributed by atoms with van der Waals surface area (Å²) >= 11 is 1.09. The van der Waals surface area contributed by atoms with E-state index in [2.05, 4.69) is 25.1 Å². The molecule has 15 heteroatoms. The van der Waals surface area contributed by atoms with Gasteiger partial charge in [0.25, 0.3) is 0 Å². The quantitative estimate of drug-likeness (QED) is 0.247. The predicted molar refractivity (Wildman–Crippen MR) is 152 cm³/mol. The smallest absolute Gasteiger partial charge is 0.497 e. The average molecular weight is 615 g/mol. The molecule has 1 saturated heterocycles. The van der Waals surface area contributed by atoms with Gasteiger partial charge in [0, 0.05) is 11.6 Å². The first-order valence-electron chi connectivity index (χ1n) is 12.6. The number of carbonyl (C=O) groups is 2. The maximum absolute atomic E-state index is 15.0. The molecule has 1 aliphatic heterocycles. The Bertz CT molecular complexity index is 1710. The molecule has 1 aromatic heterocycles. The molecule has 222 valence electrons. The minimum atomic E-state index is -4.81. The molecule has 0 spiro atoms. The van der Waals surface area contributed by atoms with Crippen molar-refractivity contribution in [3.63, 3.8) is 0 Å². The number of amidine groups is 1. The summed E-state index contributed by atoms with van der Waals surface area (Å²) in [4.78, 5) is 35.0. The van der Waals surface area contributed by atoms with Crippen LogP contribution in [0.25, 0.3) is 17.1 Å². The highest BCUT2D eigenvalue weighted by Gasteiger charge is 2.32. The Morgan fingerprint density at radius 2 is 1.84 bits per heavy atom. The van der Waals surface area contributed by atoms with Gasteiger partial charge in [0.05, 0.1) is 29.9 Å². The number of nitrogens with one attached hydrogen (secondary N) is 1. The number of nitrogens with zero attached hydrogens (tertiary/aromatic N) is 5. The molecular formula is C28H22F4N6O4S. The summed E-state index contributed by atoms with van der Waals surface area (Å²) < 4.78 is 62.6. The molecule has 1 N–H and O–H groups in total. The van der Waals surface area contributed by atoms with E-state index in [1.165, 1.54) is 47.3 Å². The number of rotatable bonds is 7. The molecular weight excluding hydrogens is 592 g/mol. The number of halogens is 4. The highest BCUT2D eigenvalue weighted by molar-refractivity contribution is 8.15. The van der Waals surface area contributed by atoms with Crippen LogP contribution < -0.4 is 19.7 Å². The maximum atomic E-state index is 15.0. The molecule has 0 saturated carbocycles. The van der Waals surface area contributed by atoms with Crippen molar-refractivity contribution in [3.8, 4) is 28.6 Å². The van der Waals surface area contributed by atoms with E-state index in [0.717, 1.165) is 35.5 Å². The number of amides is 3. The van der Waals surface area contributed by atoms with Gasteiger partial charge in [-0.3, -0.25) is 9.69 Å². The molecule has 0 aliphatic carbocycles. The maximum Gasteiger partial charge on any atom is 0.573 e. The normalized spacial score (nSPS) is 14.3. The Hall–Kier alpha value is -4.92. The Morgan fingerprint density at radius 3 is 2.51 bits per heavy atom. The second-order valence-electron chi connectivity index (χ2n) is 8.94. The Morgan fingerprint density at radius 1 is 1.09 bits per heavy atom. The monoisotopic (exact) mass is 614 g/mol. The van der Waals surface area contributed by atoms with Crippen molar-refractivity contribution in [3.05, 3.63) is 78.4 Å². The lowest BCUT2D eigenvalue weighted by molar-refractivity contribution is -0.274. The number of carbonyl (C=O) groups excluding carboxylic acids is 2. The van der Waals surface area contributed by atoms with E-state index in [0.29, 0.717) is 23.5 Å². The predicted octanol–water partition coefficient (Wildman–Crippen LogP) is 6.21. The molecule has 0 radical (unpaired) electrons. The van der Waals surface area contributed by atoms with Crippen LogP contribution in [-0.2, 0) is 11.2 Å². The van der Waals surface area contributed by atoms with Gasteiger partial charge >= 0.3 is 12.4 Å². The van der Waals surface area contributed by atoms with Gasteiger partial charge in [-0.05, 0) is 60.5 Å². The summed E-state index contributed by atoms with van der Waals surface area (Å²) in [5, 5.41) is 6.78. The minimum Gasteiger partial charge on any atom is -0.497 e. The van der Waals surface area contributed by atoms with Crippen molar-refractivity contribution in [2.45, 2.75) is 19.7 Å². The number of methoxy groups -OCH3 is 1. The number of aromatic nitrogens is 3. The van der Waals surface area contributed by atoms with Gasteiger partial charge in [-0.15, -0.1) is 18.3 Å². The molecule has 0 atom stereocenters. The Labute approximate surface area is 246 Å². The second-order valence-corrected chi connectivity index (χ2v) is 9.88. The third-order valence-corrected chi connectivity index (χ3v) is 7.10. The third kappa shape index (κ3) is 6.77. The van der Waals surface area contributed by atoms with Gasteiger partial charge in [-0.1, -0.05) is 24.8 Å². The molecule has 10 nitrogen and oxygen atoms in total. The van der Waals surface area contributed by atoms with Crippen LogP contribution in [0.3, 0.4) is 0 Å². The Balaban J connectivity index is 1.30. The zero-order chi connectivity index (χ0) is 30.7. The van der Waals surface area contributed by atoms with E-state index < -0.39 is 24.0 Å². The van der Waals surface area contributed by atoms with Gasteiger partial charge in [0.1, 0.15) is 23.6 Å². The van der Waals surface area contributed by atoms with Crippen LogP contribution in [0, 0.1) is 5.82 Å². The fraction of sp³-hybridized carbons (Fsp3) is 0.179. The molecule has 5 rings (SSSR count). The molecule has 3 aromatic carbocycles. The van der Waals surface area contributed by atoms with Crippen LogP contribution in [0.2, 0.25) is 0 Å². The van der Waals surface area contributed by atoms with E-state index in [1.54, 1.807) is 12.1 Å². The van der Waals surface area contributed by atoms with Gasteiger partial charge in [-0.25, -0.2) is 18.9 Å². The largest absolute Gasteiger partial charge is 0.573 e. The average Bonchev–Trinajstić information content (AvgIpc) is 3.60. The number of aliphatic imine (C=N–C) groups is 1. The number of urea groups is 1. The molecule has 1 fully saturated rings. The van der Waals surface area contributed by atoms with Crippen LogP contribution in [0.4, 0.5) is 33.7 Å². The minimum absolute atomic E-state index is 0.0840. The lowest BCUT2D eigenvalue weighted by Crippen LogP contribution is -2.31. The number of benzene rings is 3. The summed E-state index contributed by atoms with van der Waals surface area (Å²) in [6.45, 7) is 1.93. The fourth-order valence-corrected chi connectivity index (χ4v) is 5.02. The number of thioether (sulfide) groups is 1. The van der Waals surface area contributed by atoms with E-state index in [1.807, 2.05) is 13.0 Å². The van der Waals surface area contributed by atoms with E-state index >= 15 is 0 Å². The lowest BCUT2D eigenvalue weighted by atomic mass is 10.1. The summed E-state index contributed by atoms with van der Waals surface area (Å²) in [5.41, 5.74) is 1.93. The highest BCUT2D eigenvalue weighted by Crippen LogP contribution is 2.33. The van der Waals surface area contributed by atoms with Crippen LogP contribution in [0.15, 0.2) is 72.0 Å². The summed E-state index contributed by atoms with van der Waals surface area (Å²) in [6.07, 6.45) is -2.87. The van der Waals surface area contributed by atoms with Gasteiger partial charge in [0.15, 0.2) is 11.0 Å². The lowest BCUT2D eigenvalue weighted by Gasteiger charge is -2.20. The van der Waals surface area contributed by atoms with Crippen molar-refractivity contribution in [2.75, 3.05) is 23.1 Å². The molecule has 0 bridgehead atoms. The third-order valence-electron chi connectivity index (χ3n) is 6.17. The van der Waals surface area contributed by atoms with Crippen molar-refractivity contribution in [1.82, 2.24) is 14.8 Å². The number of alkyl halides is 3. The van der Waals surface area contributed by atoms with E-state index in [4.69, 9.17) is 4.74 Å². The molecule has 43 heavy (non-hydrogen) atoms. The second kappa shape index (κ2) is 12.1. The van der Waals surface area contributed by atoms with E-state index in [9.17, 15) is 27.2 Å². The summed E-state index contributed by atoms with van der Waals surface area (Å²) in [5.74, 6) is -0.680. The first-order valence-corrected chi connectivity index (χ1v) is 13.6. The van der Waals surface area contributed by atoms with Gasteiger partial charge in [0.2, 0.25) is 5.91 Å². The van der Waals surface area contributed by atoms with Crippen molar-refractivity contribution >= 4 is 40.2 Å². The number of anilines is 2. The molecule has 0 unspecified atom stereocenters. The molecule has 2 heterocycles. The highest BCUT2D eigenvalue weighted by atomic mass is 32.2. The van der Waals surface area contributed by atoms with Gasteiger partial charge in [-0.2, -0.15) is 4.99 Å². The number of hydrogen-bond donors (Lipinski definition) is 1. The number of aryl methyl sites for hydroxylation is 1. The van der Waals surface area contributed by atoms with E-state index in [-0.39, 0.29) is 33.9 Å². The van der Waals surface area contributed by atoms with Crippen LogP contribution in [0.5, 0.6) is 11.5 Å². The van der Waals surface area contributed by atoms with Crippen molar-refractivity contribution in [1.29, 1.82) is 0 Å². The zero-order valence-electron chi connectivity index (χ0n) is 22.6. The standard InChI is InChI=1S/C28H22F4N6O4S/c1-3-16-4-8-20(41-2)13-23(16)38-24(39)14-43-27(38)35-26(40)34-22-11-5-17(12-21(22)29)25-33-15-37(36-25)18-6-9-19(10-7-18)42-28(30,31)32/h4-13,15H,3,14H2,1-2H3,(H,34,40)/b35-27-. The number of hydrogen-bond acceptors (Lipinski definition) is 7. The fourth-order valence-electron chi connectivity index (χ4n) is 4.17. The SMILES string of the molecule is CCc1ccc(OC)cc1N1C(=O)CS/C1=N\C(=O)Nc1ccc(-c2ncn(-c3ccc(OC(F)(F)F)cc3)n2)cc1F. The summed E-state index contributed by atoms with van der Waals surface area (Å²) in [6, 6.07) is 13.3. The van der Waals surface area contributed by atoms with Crippen LogP contribution in [-0.4, -0.2) is 51.1 Å². The summed E-state index contributed by atoms with van der Waals surface area (Å²) in [7, 11) is 1.51. The molecule has 4 aromatic rings.